The minimum Gasteiger partial charge on any atom is -0.444 e. The maximum Gasteiger partial charge on any atom is 0.308 e. The Labute approximate surface area is 247 Å². The molecule has 6 heteroatoms. The van der Waals surface area contributed by atoms with E-state index in [4.69, 9.17) is 22.1 Å². The number of amides is 1. The minimum atomic E-state index is -1.33. The predicted octanol–water partition coefficient (Wildman–Crippen LogP) is 6.62. The van der Waals surface area contributed by atoms with E-state index < -0.39 is 17.5 Å². The lowest BCUT2D eigenvalue weighted by atomic mass is 9.80. The molecule has 0 aliphatic carbocycles. The van der Waals surface area contributed by atoms with Crippen molar-refractivity contribution >= 4 is 23.5 Å². The number of rotatable bonds is 11. The zero-order valence-electron chi connectivity index (χ0n) is 23.7. The predicted molar refractivity (Wildman–Crippen MR) is 164 cm³/mol. The lowest BCUT2D eigenvalue weighted by Crippen LogP contribution is -2.48. The summed E-state index contributed by atoms with van der Waals surface area (Å²) in [7, 11) is 1.74. The maximum atomic E-state index is 14.1. The van der Waals surface area contributed by atoms with Gasteiger partial charge in [-0.15, -0.1) is 0 Å². The summed E-state index contributed by atoms with van der Waals surface area (Å²) in [5.74, 6) is -1.31. The number of nitrogens with zero attached hydrogens (tertiary/aromatic N) is 1. The first-order chi connectivity index (χ1) is 19.7. The molecule has 0 saturated heterocycles. The van der Waals surface area contributed by atoms with Gasteiger partial charge < -0.3 is 15.4 Å². The number of carbonyl (C=O) groups is 2. The molecule has 0 aromatic heterocycles. The molecule has 5 nitrogen and oxygen atoms in total. The molecule has 0 spiro atoms. The third-order valence-electron chi connectivity index (χ3n) is 7.69. The van der Waals surface area contributed by atoms with Crippen molar-refractivity contribution in [2.45, 2.75) is 44.4 Å². The lowest BCUT2D eigenvalue weighted by Gasteiger charge is -2.36. The highest BCUT2D eigenvalue weighted by atomic mass is 35.5. The van der Waals surface area contributed by atoms with Crippen molar-refractivity contribution in [2.24, 2.45) is 11.7 Å². The first-order valence-electron chi connectivity index (χ1n) is 13.9. The molecule has 0 heterocycles. The van der Waals surface area contributed by atoms with Crippen molar-refractivity contribution in [2.75, 3.05) is 7.05 Å². The molecular formula is C35H37ClN2O3. The molecule has 0 aliphatic rings. The SMILES string of the molecule is C[C@H](N)[C@H](C)N(C)C(=O)[C@@H](CC(=O)OC(c1ccccc1)(c1ccccc1)c1ccccc1Cl)Cc1ccccc1. The molecular weight excluding hydrogens is 532 g/mol. The van der Waals surface area contributed by atoms with Crippen molar-refractivity contribution in [3.63, 3.8) is 0 Å². The molecule has 1 amide bonds. The van der Waals surface area contributed by atoms with Gasteiger partial charge in [-0.2, -0.15) is 0 Å². The molecule has 212 valence electrons. The molecule has 41 heavy (non-hydrogen) atoms. The van der Waals surface area contributed by atoms with E-state index in [1.165, 1.54) is 0 Å². The Bertz CT molecular complexity index is 1390. The molecule has 4 aromatic rings. The van der Waals surface area contributed by atoms with Gasteiger partial charge in [0.05, 0.1) is 12.3 Å². The number of hydrogen-bond acceptors (Lipinski definition) is 4. The van der Waals surface area contributed by atoms with Crippen molar-refractivity contribution in [3.8, 4) is 0 Å². The normalized spacial score (nSPS) is 13.6. The lowest BCUT2D eigenvalue weighted by molar-refractivity contribution is -0.157. The van der Waals surface area contributed by atoms with Crippen LogP contribution >= 0.6 is 11.6 Å². The molecule has 0 saturated carbocycles. The average Bonchev–Trinajstić information content (AvgIpc) is 3.00. The average molecular weight is 569 g/mol. The Hall–Kier alpha value is -3.93. The van der Waals surface area contributed by atoms with Crippen LogP contribution < -0.4 is 5.73 Å². The van der Waals surface area contributed by atoms with Crippen LogP contribution in [0.15, 0.2) is 115 Å². The van der Waals surface area contributed by atoms with Gasteiger partial charge >= 0.3 is 5.97 Å². The highest BCUT2D eigenvalue weighted by molar-refractivity contribution is 6.31. The second-order valence-electron chi connectivity index (χ2n) is 10.5. The smallest absolute Gasteiger partial charge is 0.308 e. The van der Waals surface area contributed by atoms with Gasteiger partial charge in [-0.25, -0.2) is 0 Å². The molecule has 3 atom stereocenters. The van der Waals surface area contributed by atoms with E-state index in [-0.39, 0.29) is 24.4 Å². The van der Waals surface area contributed by atoms with E-state index in [9.17, 15) is 9.59 Å². The second-order valence-corrected chi connectivity index (χ2v) is 10.9. The van der Waals surface area contributed by atoms with Crippen LogP contribution in [-0.4, -0.2) is 35.9 Å². The number of esters is 1. The summed E-state index contributed by atoms with van der Waals surface area (Å²) in [5, 5.41) is 0.468. The number of likely N-dealkylation sites (N-methyl/N-ethyl adjacent to an activating group) is 1. The Kier molecular flexibility index (Phi) is 9.98. The largest absolute Gasteiger partial charge is 0.444 e. The fraction of sp³-hybridized carbons (Fsp3) is 0.257. The van der Waals surface area contributed by atoms with Crippen LogP contribution in [0.3, 0.4) is 0 Å². The Balaban J connectivity index is 1.77. The van der Waals surface area contributed by atoms with Crippen LogP contribution in [0.1, 0.15) is 42.5 Å². The summed E-state index contributed by atoms with van der Waals surface area (Å²) in [5.41, 5.74) is 7.90. The van der Waals surface area contributed by atoms with Crippen molar-refractivity contribution in [3.05, 3.63) is 143 Å². The Morgan fingerprint density at radius 1 is 0.805 bits per heavy atom. The van der Waals surface area contributed by atoms with Crippen LogP contribution in [0.4, 0.5) is 0 Å². The molecule has 0 fully saturated rings. The number of nitrogens with two attached hydrogens (primary N) is 1. The highest BCUT2D eigenvalue weighted by Crippen LogP contribution is 2.43. The zero-order chi connectivity index (χ0) is 29.4. The summed E-state index contributed by atoms with van der Waals surface area (Å²) in [6.45, 7) is 3.78. The zero-order valence-corrected chi connectivity index (χ0v) is 24.5. The van der Waals surface area contributed by atoms with Crippen LogP contribution in [-0.2, 0) is 26.3 Å². The van der Waals surface area contributed by atoms with Crippen LogP contribution in [0.2, 0.25) is 5.02 Å². The van der Waals surface area contributed by atoms with Gasteiger partial charge in [-0.1, -0.05) is 121 Å². The summed E-state index contributed by atoms with van der Waals surface area (Å²) >= 11 is 6.80. The number of halogens is 1. The summed E-state index contributed by atoms with van der Waals surface area (Å²) in [6.07, 6.45) is 0.274. The molecule has 0 bridgehead atoms. The van der Waals surface area contributed by atoms with E-state index in [0.717, 1.165) is 16.7 Å². The van der Waals surface area contributed by atoms with Crippen LogP contribution in [0.5, 0.6) is 0 Å². The van der Waals surface area contributed by atoms with E-state index in [1.54, 1.807) is 18.0 Å². The number of benzene rings is 4. The van der Waals surface area contributed by atoms with Gasteiger partial charge in [0.2, 0.25) is 5.91 Å². The first-order valence-corrected chi connectivity index (χ1v) is 14.3. The van der Waals surface area contributed by atoms with E-state index in [0.29, 0.717) is 17.0 Å². The summed E-state index contributed by atoms with van der Waals surface area (Å²) < 4.78 is 6.56. The number of carbonyl (C=O) groups excluding carboxylic acids is 2. The van der Waals surface area contributed by atoms with Gasteiger partial charge in [0.1, 0.15) is 0 Å². The molecule has 0 radical (unpaired) electrons. The van der Waals surface area contributed by atoms with Gasteiger partial charge in [-0.05, 0) is 31.9 Å². The van der Waals surface area contributed by atoms with Gasteiger partial charge in [0.25, 0.3) is 0 Å². The standard InChI is InChI=1S/C35H37ClN2O3/c1-25(37)26(2)38(3)34(40)28(23-27-15-7-4-8-16-27)24-33(39)41-35(29-17-9-5-10-18-29,30-19-11-6-12-20-30)31-21-13-14-22-32(31)36/h4-22,25-26,28H,23-24,37H2,1-3H3/t25-,26-,28+/m0/s1. The van der Waals surface area contributed by atoms with Gasteiger partial charge in [-0.3, -0.25) is 9.59 Å². The van der Waals surface area contributed by atoms with Crippen molar-refractivity contribution in [1.29, 1.82) is 0 Å². The molecule has 4 rings (SSSR count). The first kappa shape index (κ1) is 30.0. The van der Waals surface area contributed by atoms with Gasteiger partial charge in [0, 0.05) is 40.8 Å². The van der Waals surface area contributed by atoms with Crippen LogP contribution in [0.25, 0.3) is 0 Å². The van der Waals surface area contributed by atoms with E-state index in [1.807, 2.05) is 123 Å². The molecule has 2 N–H and O–H groups in total. The fourth-order valence-corrected chi connectivity index (χ4v) is 5.41. The number of ether oxygens (including phenoxy) is 1. The van der Waals surface area contributed by atoms with E-state index >= 15 is 0 Å². The third-order valence-corrected chi connectivity index (χ3v) is 8.02. The van der Waals surface area contributed by atoms with E-state index in [2.05, 4.69) is 0 Å². The van der Waals surface area contributed by atoms with Crippen molar-refractivity contribution < 1.29 is 14.3 Å². The Morgan fingerprint density at radius 3 is 1.80 bits per heavy atom. The Morgan fingerprint density at radius 2 is 1.29 bits per heavy atom. The van der Waals surface area contributed by atoms with Gasteiger partial charge in [0.15, 0.2) is 5.60 Å². The second kappa shape index (κ2) is 13.6. The summed E-state index contributed by atoms with van der Waals surface area (Å²) in [6, 6.07) is 35.8. The van der Waals surface area contributed by atoms with Crippen molar-refractivity contribution in [1.82, 2.24) is 4.90 Å². The molecule has 4 aromatic carbocycles. The highest BCUT2D eigenvalue weighted by Gasteiger charge is 2.43. The topological polar surface area (TPSA) is 72.6 Å². The fourth-order valence-electron chi connectivity index (χ4n) is 5.14. The monoisotopic (exact) mass is 568 g/mol. The molecule has 0 unspecified atom stereocenters. The molecule has 0 aliphatic heterocycles. The minimum absolute atomic E-state index is 0.115. The third kappa shape index (κ3) is 6.87. The number of hydrogen-bond donors (Lipinski definition) is 1. The maximum absolute atomic E-state index is 14.1. The quantitative estimate of drug-likeness (QED) is 0.163. The van der Waals surface area contributed by atoms with Crippen LogP contribution in [0, 0.1) is 5.92 Å². The summed E-state index contributed by atoms with van der Waals surface area (Å²) in [4.78, 5) is 29.5.